The molecular weight excluding hydrogens is 238 g/mol. The summed E-state index contributed by atoms with van der Waals surface area (Å²) in [6.07, 6.45) is 4.38. The van der Waals surface area contributed by atoms with Crippen molar-refractivity contribution in [1.29, 1.82) is 0 Å². The van der Waals surface area contributed by atoms with Gasteiger partial charge in [-0.3, -0.25) is 0 Å². The van der Waals surface area contributed by atoms with Crippen LogP contribution in [0.3, 0.4) is 0 Å². The largest absolute Gasteiger partial charge is 0.497 e. The molecule has 3 rings (SSSR count). The van der Waals surface area contributed by atoms with Crippen LogP contribution >= 0.6 is 0 Å². The molecule has 1 aromatic heterocycles. The van der Waals surface area contributed by atoms with E-state index < -0.39 is 0 Å². The molecule has 0 unspecified atom stereocenters. The molecule has 0 aliphatic heterocycles. The first kappa shape index (κ1) is 12.0. The summed E-state index contributed by atoms with van der Waals surface area (Å²) in [7, 11) is 1.66. The number of fused-ring (bicyclic) bond motifs is 1. The highest BCUT2D eigenvalue weighted by atomic mass is 16.5. The topological polar surface area (TPSA) is 61.0 Å². The first-order chi connectivity index (χ1) is 9.28. The Bertz CT molecular complexity index is 593. The van der Waals surface area contributed by atoms with Crippen LogP contribution < -0.4 is 10.5 Å². The Balaban J connectivity index is 2.02. The van der Waals surface area contributed by atoms with Gasteiger partial charge in [0.1, 0.15) is 11.6 Å². The maximum Gasteiger partial charge on any atom is 0.161 e. The van der Waals surface area contributed by atoms with Gasteiger partial charge in [-0.25, -0.2) is 9.97 Å². The number of anilines is 1. The summed E-state index contributed by atoms with van der Waals surface area (Å²) in [4.78, 5) is 9.11. The number of rotatable bonds is 2. The van der Waals surface area contributed by atoms with Crippen molar-refractivity contribution in [2.45, 2.75) is 25.7 Å². The van der Waals surface area contributed by atoms with Crippen LogP contribution in [0.1, 0.15) is 24.1 Å². The Morgan fingerprint density at radius 1 is 1.05 bits per heavy atom. The van der Waals surface area contributed by atoms with Gasteiger partial charge < -0.3 is 10.5 Å². The number of nitrogens with zero attached hydrogens (tertiary/aromatic N) is 2. The second-order valence-electron chi connectivity index (χ2n) is 4.79. The van der Waals surface area contributed by atoms with Crippen molar-refractivity contribution in [2.75, 3.05) is 12.8 Å². The highest BCUT2D eigenvalue weighted by Gasteiger charge is 2.16. The lowest BCUT2D eigenvalue weighted by Gasteiger charge is -2.17. The molecule has 0 fully saturated rings. The zero-order valence-corrected chi connectivity index (χ0v) is 11.0. The van der Waals surface area contributed by atoms with E-state index in [-0.39, 0.29) is 0 Å². The normalized spacial score (nSPS) is 13.9. The van der Waals surface area contributed by atoms with Crippen LogP contribution in [0.25, 0.3) is 11.4 Å². The minimum atomic E-state index is 0.635. The fourth-order valence-corrected chi connectivity index (χ4v) is 2.49. The maximum absolute atomic E-state index is 6.06. The number of benzene rings is 1. The number of hydrogen-bond donors (Lipinski definition) is 1. The van der Waals surface area contributed by atoms with Crippen molar-refractivity contribution < 1.29 is 4.74 Å². The molecule has 19 heavy (non-hydrogen) atoms. The van der Waals surface area contributed by atoms with E-state index in [9.17, 15) is 0 Å². The fraction of sp³-hybridized carbons (Fsp3) is 0.333. The van der Waals surface area contributed by atoms with Crippen molar-refractivity contribution in [2.24, 2.45) is 0 Å². The fourth-order valence-electron chi connectivity index (χ4n) is 2.49. The summed E-state index contributed by atoms with van der Waals surface area (Å²) in [6.45, 7) is 0. The minimum absolute atomic E-state index is 0.635. The number of nitrogen functional groups attached to an aromatic ring is 1. The highest BCUT2D eigenvalue weighted by molar-refractivity contribution is 5.60. The third-order valence-corrected chi connectivity index (χ3v) is 3.56. The molecule has 98 valence electrons. The average molecular weight is 255 g/mol. The molecule has 1 aromatic carbocycles. The van der Waals surface area contributed by atoms with Crippen molar-refractivity contribution in [1.82, 2.24) is 9.97 Å². The van der Waals surface area contributed by atoms with Gasteiger partial charge in [0.05, 0.1) is 7.11 Å². The van der Waals surface area contributed by atoms with Crippen molar-refractivity contribution in [3.63, 3.8) is 0 Å². The van der Waals surface area contributed by atoms with E-state index in [1.54, 1.807) is 7.11 Å². The standard InChI is InChI=1S/C15H17N3O/c1-19-11-8-6-10(7-9-11)15-17-13-5-3-2-4-12(13)14(16)18-15/h6-9H,2-5H2,1H3,(H2,16,17,18). The molecule has 0 radical (unpaired) electrons. The molecular formula is C15H17N3O. The lowest BCUT2D eigenvalue weighted by molar-refractivity contribution is 0.415. The predicted octanol–water partition coefficient (Wildman–Crippen LogP) is 2.61. The van der Waals surface area contributed by atoms with Gasteiger partial charge in [0.25, 0.3) is 0 Å². The molecule has 0 saturated carbocycles. The van der Waals surface area contributed by atoms with Crippen molar-refractivity contribution in [3.8, 4) is 17.1 Å². The lowest BCUT2D eigenvalue weighted by Crippen LogP contribution is -2.11. The Kier molecular flexibility index (Phi) is 3.07. The van der Waals surface area contributed by atoms with Crippen molar-refractivity contribution >= 4 is 5.82 Å². The predicted molar refractivity (Wildman–Crippen MR) is 75.1 cm³/mol. The molecule has 4 nitrogen and oxygen atoms in total. The van der Waals surface area contributed by atoms with Gasteiger partial charge in [0.15, 0.2) is 5.82 Å². The van der Waals surface area contributed by atoms with Gasteiger partial charge >= 0.3 is 0 Å². The van der Waals surface area contributed by atoms with Gasteiger partial charge in [0.2, 0.25) is 0 Å². The smallest absolute Gasteiger partial charge is 0.161 e. The van der Waals surface area contributed by atoms with Crippen LogP contribution in [0.2, 0.25) is 0 Å². The Morgan fingerprint density at radius 3 is 2.53 bits per heavy atom. The van der Waals surface area contributed by atoms with Gasteiger partial charge in [-0.1, -0.05) is 0 Å². The van der Waals surface area contributed by atoms with Gasteiger partial charge in [-0.2, -0.15) is 0 Å². The van der Waals surface area contributed by atoms with E-state index in [4.69, 9.17) is 10.5 Å². The van der Waals surface area contributed by atoms with Crippen LogP contribution in [-0.4, -0.2) is 17.1 Å². The zero-order chi connectivity index (χ0) is 13.2. The van der Waals surface area contributed by atoms with Crippen LogP contribution in [-0.2, 0) is 12.8 Å². The molecule has 1 aliphatic rings. The monoisotopic (exact) mass is 255 g/mol. The van der Waals surface area contributed by atoms with Crippen LogP contribution in [0.15, 0.2) is 24.3 Å². The number of aromatic nitrogens is 2. The molecule has 0 atom stereocenters. The first-order valence-electron chi connectivity index (χ1n) is 6.57. The van der Waals surface area contributed by atoms with Gasteiger partial charge in [-0.05, 0) is 49.9 Å². The summed E-state index contributed by atoms with van der Waals surface area (Å²) in [5, 5.41) is 0. The molecule has 0 amide bonds. The summed E-state index contributed by atoms with van der Waals surface area (Å²) in [5.74, 6) is 2.17. The molecule has 0 spiro atoms. The molecule has 4 heteroatoms. The Hall–Kier alpha value is -2.10. The molecule has 0 bridgehead atoms. The number of ether oxygens (including phenoxy) is 1. The third-order valence-electron chi connectivity index (χ3n) is 3.56. The highest BCUT2D eigenvalue weighted by Crippen LogP contribution is 2.27. The quantitative estimate of drug-likeness (QED) is 0.896. The summed E-state index contributed by atoms with van der Waals surface area (Å²) in [6, 6.07) is 7.74. The van der Waals surface area contributed by atoms with E-state index in [0.717, 1.165) is 35.4 Å². The third kappa shape index (κ3) is 2.26. The second kappa shape index (κ2) is 4.88. The first-order valence-corrected chi connectivity index (χ1v) is 6.57. The van der Waals surface area contributed by atoms with Crippen LogP contribution in [0.5, 0.6) is 5.75 Å². The summed E-state index contributed by atoms with van der Waals surface area (Å²) in [5.41, 5.74) is 9.29. The number of methoxy groups -OCH3 is 1. The number of aryl methyl sites for hydroxylation is 1. The molecule has 1 aliphatic carbocycles. The average Bonchev–Trinajstić information content (AvgIpc) is 2.47. The molecule has 0 saturated heterocycles. The Morgan fingerprint density at radius 2 is 1.79 bits per heavy atom. The summed E-state index contributed by atoms with van der Waals surface area (Å²) < 4.78 is 5.15. The maximum atomic E-state index is 6.06. The zero-order valence-electron chi connectivity index (χ0n) is 11.0. The van der Waals surface area contributed by atoms with E-state index in [2.05, 4.69) is 9.97 Å². The minimum Gasteiger partial charge on any atom is -0.497 e. The summed E-state index contributed by atoms with van der Waals surface area (Å²) >= 11 is 0. The van der Waals surface area contributed by atoms with Crippen LogP contribution in [0, 0.1) is 0 Å². The van der Waals surface area contributed by atoms with Gasteiger partial charge in [-0.15, -0.1) is 0 Å². The van der Waals surface area contributed by atoms with E-state index in [1.807, 2.05) is 24.3 Å². The molecule has 2 aromatic rings. The van der Waals surface area contributed by atoms with Crippen molar-refractivity contribution in [3.05, 3.63) is 35.5 Å². The van der Waals surface area contributed by atoms with E-state index in [1.165, 1.54) is 12.8 Å². The van der Waals surface area contributed by atoms with E-state index in [0.29, 0.717) is 11.6 Å². The van der Waals surface area contributed by atoms with Crippen LogP contribution in [0.4, 0.5) is 5.82 Å². The molecule has 2 N–H and O–H groups in total. The Labute approximate surface area is 112 Å². The molecule has 1 heterocycles. The number of hydrogen-bond acceptors (Lipinski definition) is 4. The second-order valence-corrected chi connectivity index (χ2v) is 4.79. The SMILES string of the molecule is COc1ccc(-c2nc(N)c3c(n2)CCCC3)cc1. The lowest BCUT2D eigenvalue weighted by atomic mass is 9.96. The van der Waals surface area contributed by atoms with Gasteiger partial charge in [0, 0.05) is 16.8 Å². The van der Waals surface area contributed by atoms with E-state index >= 15 is 0 Å². The number of nitrogens with two attached hydrogens (primary N) is 1.